The highest BCUT2D eigenvalue weighted by Crippen LogP contribution is 2.28. The average Bonchev–Trinajstić information content (AvgIpc) is 2.37. The number of ether oxygens (including phenoxy) is 1. The second-order valence-electron chi connectivity index (χ2n) is 5.91. The first-order valence-electron chi connectivity index (χ1n) is 7.55. The fourth-order valence-corrected chi connectivity index (χ4v) is 2.78. The van der Waals surface area contributed by atoms with E-state index in [4.69, 9.17) is 16.3 Å². The van der Waals surface area contributed by atoms with E-state index < -0.39 is 0 Å². The first-order chi connectivity index (χ1) is 10.5. The van der Waals surface area contributed by atoms with Gasteiger partial charge in [0.15, 0.2) is 0 Å². The van der Waals surface area contributed by atoms with Crippen molar-refractivity contribution in [3.8, 4) is 5.75 Å². The van der Waals surface area contributed by atoms with Crippen LogP contribution in [0.3, 0.4) is 0 Å². The maximum atomic E-state index is 12.2. The summed E-state index contributed by atoms with van der Waals surface area (Å²) in [5, 5.41) is 3.27. The van der Waals surface area contributed by atoms with E-state index in [1.807, 2.05) is 0 Å². The van der Waals surface area contributed by atoms with Crippen LogP contribution in [0.1, 0.15) is 36.5 Å². The zero-order valence-electron chi connectivity index (χ0n) is 12.5. The van der Waals surface area contributed by atoms with E-state index in [2.05, 4.69) is 5.32 Å². The molecule has 1 saturated carbocycles. The number of rotatable bonds is 4. The van der Waals surface area contributed by atoms with Crippen LogP contribution in [-0.4, -0.2) is 41.9 Å². The zero-order chi connectivity index (χ0) is 15.7. The molecule has 0 atom stereocenters. The van der Waals surface area contributed by atoms with Gasteiger partial charge in [0.1, 0.15) is 5.75 Å². The molecule has 0 spiro atoms. The summed E-state index contributed by atoms with van der Waals surface area (Å²) in [7, 11) is 0. The Hall–Kier alpha value is -1.75. The van der Waals surface area contributed by atoms with Crippen LogP contribution < -0.4 is 10.1 Å². The van der Waals surface area contributed by atoms with Crippen LogP contribution >= 0.6 is 11.6 Å². The van der Waals surface area contributed by atoms with Gasteiger partial charge in [0.2, 0.25) is 5.91 Å². The third-order valence-corrected chi connectivity index (χ3v) is 4.51. The lowest BCUT2D eigenvalue weighted by molar-refractivity contribution is -0.133. The van der Waals surface area contributed by atoms with E-state index in [9.17, 15) is 9.59 Å². The van der Waals surface area contributed by atoms with E-state index in [0.717, 1.165) is 12.8 Å². The summed E-state index contributed by atoms with van der Waals surface area (Å²) in [5.74, 6) is 0.520. The Morgan fingerprint density at radius 2 is 2.05 bits per heavy atom. The molecule has 1 aliphatic carbocycles. The summed E-state index contributed by atoms with van der Waals surface area (Å²) in [4.78, 5) is 25.0. The number of halogens is 1. The van der Waals surface area contributed by atoms with E-state index in [1.54, 1.807) is 23.1 Å². The smallest absolute Gasteiger partial charge is 0.253 e. The largest absolute Gasteiger partial charge is 0.490 e. The summed E-state index contributed by atoms with van der Waals surface area (Å²) in [6.07, 6.45) is 3.64. The molecule has 1 aliphatic heterocycles. The van der Waals surface area contributed by atoms with Gasteiger partial charge < -0.3 is 15.0 Å². The molecule has 2 fully saturated rings. The molecule has 1 heterocycles. The van der Waals surface area contributed by atoms with Crippen molar-refractivity contribution in [3.05, 3.63) is 28.8 Å². The van der Waals surface area contributed by atoms with Crippen molar-refractivity contribution in [3.63, 3.8) is 0 Å². The number of hydrogen-bond donors (Lipinski definition) is 1. The highest BCUT2D eigenvalue weighted by Gasteiger charge is 2.30. The van der Waals surface area contributed by atoms with Crippen molar-refractivity contribution in [2.24, 2.45) is 0 Å². The molecule has 6 heteroatoms. The molecule has 5 nitrogen and oxygen atoms in total. The van der Waals surface area contributed by atoms with Crippen LogP contribution in [-0.2, 0) is 4.79 Å². The summed E-state index contributed by atoms with van der Waals surface area (Å²) in [6.45, 7) is 2.64. The third-order valence-electron chi connectivity index (χ3n) is 4.20. The Kier molecular flexibility index (Phi) is 4.25. The predicted molar refractivity (Wildman–Crippen MR) is 83.2 cm³/mol. The molecule has 118 valence electrons. The molecule has 3 rings (SSSR count). The second kappa shape index (κ2) is 6.16. The number of benzene rings is 1. The van der Waals surface area contributed by atoms with Gasteiger partial charge >= 0.3 is 0 Å². The van der Waals surface area contributed by atoms with E-state index >= 15 is 0 Å². The third kappa shape index (κ3) is 3.19. The first-order valence-corrected chi connectivity index (χ1v) is 7.93. The molecule has 1 aromatic rings. The number of hydrogen-bond acceptors (Lipinski definition) is 3. The Balaban J connectivity index is 1.57. The zero-order valence-corrected chi connectivity index (χ0v) is 13.2. The maximum absolute atomic E-state index is 12.2. The Labute approximate surface area is 134 Å². The van der Waals surface area contributed by atoms with Crippen molar-refractivity contribution in [1.82, 2.24) is 10.2 Å². The molecule has 1 N–H and O–H groups in total. The normalized spacial score (nSPS) is 18.4. The molecule has 1 aromatic carbocycles. The van der Waals surface area contributed by atoms with Gasteiger partial charge in [-0.05, 0) is 37.5 Å². The van der Waals surface area contributed by atoms with Crippen molar-refractivity contribution in [2.75, 3.05) is 13.1 Å². The quantitative estimate of drug-likeness (QED) is 0.924. The predicted octanol–water partition coefficient (Wildman–Crippen LogP) is 2.23. The Morgan fingerprint density at radius 3 is 2.59 bits per heavy atom. The minimum Gasteiger partial charge on any atom is -0.490 e. The fourth-order valence-electron chi connectivity index (χ4n) is 2.52. The van der Waals surface area contributed by atoms with Crippen molar-refractivity contribution < 1.29 is 14.3 Å². The number of likely N-dealkylation sites (tertiary alicyclic amines) is 1. The molecule has 0 unspecified atom stereocenters. The van der Waals surface area contributed by atoms with E-state index in [-0.39, 0.29) is 24.0 Å². The SMILES string of the molecule is CC(=O)N1CC(NC(=O)c2ccc(OC3CCC3)cc2Cl)C1. The Morgan fingerprint density at radius 1 is 1.32 bits per heavy atom. The summed E-state index contributed by atoms with van der Waals surface area (Å²) < 4.78 is 5.76. The highest BCUT2D eigenvalue weighted by molar-refractivity contribution is 6.34. The molecular weight excluding hydrogens is 304 g/mol. The molecule has 22 heavy (non-hydrogen) atoms. The van der Waals surface area contributed by atoms with Crippen molar-refractivity contribution in [2.45, 2.75) is 38.3 Å². The molecular formula is C16H19ClN2O3. The minimum atomic E-state index is -0.214. The van der Waals surface area contributed by atoms with Gasteiger partial charge in [0.05, 0.1) is 22.7 Å². The second-order valence-corrected chi connectivity index (χ2v) is 6.31. The fraction of sp³-hybridized carbons (Fsp3) is 0.500. The van der Waals surface area contributed by atoms with Gasteiger partial charge in [-0.25, -0.2) is 0 Å². The molecule has 2 aliphatic rings. The highest BCUT2D eigenvalue weighted by atomic mass is 35.5. The molecule has 1 saturated heterocycles. The topological polar surface area (TPSA) is 58.6 Å². The number of carbonyl (C=O) groups is 2. The first kappa shape index (κ1) is 15.2. The Bertz CT molecular complexity index is 595. The van der Waals surface area contributed by atoms with Gasteiger partial charge in [0.25, 0.3) is 5.91 Å². The van der Waals surface area contributed by atoms with Gasteiger partial charge in [-0.3, -0.25) is 9.59 Å². The maximum Gasteiger partial charge on any atom is 0.253 e. The number of nitrogens with zero attached hydrogens (tertiary/aromatic N) is 1. The van der Waals surface area contributed by atoms with E-state index in [1.165, 1.54) is 13.3 Å². The number of carbonyl (C=O) groups excluding carboxylic acids is 2. The van der Waals surface area contributed by atoms with Crippen LogP contribution in [0.25, 0.3) is 0 Å². The minimum absolute atomic E-state index is 0.00151. The molecule has 2 amide bonds. The van der Waals surface area contributed by atoms with Crippen molar-refractivity contribution >= 4 is 23.4 Å². The van der Waals surface area contributed by atoms with Gasteiger partial charge in [-0.2, -0.15) is 0 Å². The number of nitrogens with one attached hydrogen (secondary N) is 1. The molecule has 0 radical (unpaired) electrons. The molecule has 0 aromatic heterocycles. The summed E-state index contributed by atoms with van der Waals surface area (Å²) in [5.41, 5.74) is 0.434. The summed E-state index contributed by atoms with van der Waals surface area (Å²) >= 11 is 6.19. The lowest BCUT2D eigenvalue weighted by atomic mass is 9.96. The van der Waals surface area contributed by atoms with Gasteiger partial charge in [0, 0.05) is 20.0 Å². The monoisotopic (exact) mass is 322 g/mol. The van der Waals surface area contributed by atoms with Crippen LogP contribution in [0.2, 0.25) is 5.02 Å². The lowest BCUT2D eigenvalue weighted by Gasteiger charge is -2.38. The van der Waals surface area contributed by atoms with Gasteiger partial charge in [-0.15, -0.1) is 0 Å². The van der Waals surface area contributed by atoms with Crippen LogP contribution in [0.15, 0.2) is 18.2 Å². The lowest BCUT2D eigenvalue weighted by Crippen LogP contribution is -2.60. The van der Waals surface area contributed by atoms with Crippen molar-refractivity contribution in [1.29, 1.82) is 0 Å². The van der Waals surface area contributed by atoms with Crippen LogP contribution in [0.5, 0.6) is 5.75 Å². The summed E-state index contributed by atoms with van der Waals surface area (Å²) in [6, 6.07) is 5.16. The standard InChI is InChI=1S/C16H19ClN2O3/c1-10(20)19-8-11(9-19)18-16(21)14-6-5-13(7-15(14)17)22-12-3-2-4-12/h5-7,11-12H,2-4,8-9H2,1H3,(H,18,21). The van der Waals surface area contributed by atoms with Crippen LogP contribution in [0, 0.1) is 0 Å². The van der Waals surface area contributed by atoms with Gasteiger partial charge in [-0.1, -0.05) is 11.6 Å². The average molecular weight is 323 g/mol. The van der Waals surface area contributed by atoms with E-state index in [0.29, 0.717) is 29.4 Å². The molecule has 0 bridgehead atoms. The van der Waals surface area contributed by atoms with Crippen LogP contribution in [0.4, 0.5) is 0 Å². The number of amides is 2.